The van der Waals surface area contributed by atoms with E-state index in [0.29, 0.717) is 23.6 Å². The summed E-state index contributed by atoms with van der Waals surface area (Å²) >= 11 is 0. The number of carbonyl (C=O) groups is 2. The zero-order valence-corrected chi connectivity index (χ0v) is 14.9. The summed E-state index contributed by atoms with van der Waals surface area (Å²) in [7, 11) is 0. The van der Waals surface area contributed by atoms with E-state index in [1.165, 1.54) is 12.1 Å². The summed E-state index contributed by atoms with van der Waals surface area (Å²) in [6.45, 7) is 0.487. The largest absolute Gasteiger partial charge is 0.416 e. The molecule has 0 aliphatic carbocycles. The average molecular weight is 404 g/mol. The highest BCUT2D eigenvalue weighted by Gasteiger charge is 2.30. The second kappa shape index (κ2) is 7.17. The zero-order valence-electron chi connectivity index (χ0n) is 14.9. The Hall–Kier alpha value is -3.47. The Balaban J connectivity index is 1.54. The van der Waals surface area contributed by atoms with Gasteiger partial charge in [0.15, 0.2) is 5.65 Å². The topological polar surface area (TPSA) is 91.6 Å². The predicted octanol–water partition coefficient (Wildman–Crippen LogP) is 1.95. The van der Waals surface area contributed by atoms with Crippen LogP contribution in [0.4, 0.5) is 24.8 Å². The number of piperazine rings is 1. The maximum atomic E-state index is 12.7. The van der Waals surface area contributed by atoms with Gasteiger partial charge in [0.05, 0.1) is 24.3 Å². The molecule has 0 unspecified atom stereocenters. The minimum absolute atomic E-state index is 0.0908. The molecule has 0 bridgehead atoms. The second-order valence-corrected chi connectivity index (χ2v) is 6.54. The fourth-order valence-corrected chi connectivity index (χ4v) is 3.04. The van der Waals surface area contributed by atoms with E-state index in [9.17, 15) is 22.8 Å². The lowest BCUT2D eigenvalue weighted by atomic mass is 10.2. The number of hydrogen-bond acceptors (Lipinski definition) is 6. The van der Waals surface area contributed by atoms with Crippen LogP contribution in [-0.2, 0) is 22.3 Å². The number of nitrogens with one attached hydrogen (secondary N) is 2. The molecule has 1 aliphatic rings. The second-order valence-electron chi connectivity index (χ2n) is 6.54. The molecule has 3 heterocycles. The molecule has 1 aromatic carbocycles. The van der Waals surface area contributed by atoms with Gasteiger partial charge in [0.25, 0.3) is 0 Å². The van der Waals surface area contributed by atoms with Gasteiger partial charge in [-0.2, -0.15) is 18.2 Å². The number of hydrogen-bond donors (Lipinski definition) is 2. The fraction of sp³-hybridized carbons (Fsp3) is 0.222. The molecule has 1 aliphatic heterocycles. The maximum Gasteiger partial charge on any atom is 0.416 e. The van der Waals surface area contributed by atoms with Crippen LogP contribution in [0.3, 0.4) is 0 Å². The molecule has 2 amide bonds. The molecule has 3 aromatic rings. The molecule has 29 heavy (non-hydrogen) atoms. The van der Waals surface area contributed by atoms with Gasteiger partial charge in [-0.15, -0.1) is 5.10 Å². The van der Waals surface area contributed by atoms with Gasteiger partial charge >= 0.3 is 6.18 Å². The highest BCUT2D eigenvalue weighted by molar-refractivity contribution is 5.99. The van der Waals surface area contributed by atoms with Crippen LogP contribution >= 0.6 is 0 Å². The van der Waals surface area contributed by atoms with Crippen LogP contribution in [0.5, 0.6) is 0 Å². The quantitative estimate of drug-likeness (QED) is 0.646. The highest BCUT2D eigenvalue weighted by Crippen LogP contribution is 2.30. The van der Waals surface area contributed by atoms with Crippen molar-refractivity contribution in [2.24, 2.45) is 0 Å². The number of rotatable bonds is 4. The summed E-state index contributed by atoms with van der Waals surface area (Å²) in [6, 6.07) is 9.83. The van der Waals surface area contributed by atoms with E-state index in [0.717, 1.165) is 12.1 Å². The molecule has 4 rings (SSSR count). The molecule has 1 fully saturated rings. The summed E-state index contributed by atoms with van der Waals surface area (Å²) in [5, 5.41) is 9.46. The van der Waals surface area contributed by atoms with Crippen molar-refractivity contribution in [3.63, 3.8) is 0 Å². The van der Waals surface area contributed by atoms with Crippen LogP contribution in [0.25, 0.3) is 5.65 Å². The van der Waals surface area contributed by atoms with Crippen molar-refractivity contribution in [1.29, 1.82) is 0 Å². The number of carbonyl (C=O) groups excluding carboxylic acids is 2. The summed E-state index contributed by atoms with van der Waals surface area (Å²) in [5.74, 6) is -0.516. The Labute approximate surface area is 162 Å². The van der Waals surface area contributed by atoms with Crippen molar-refractivity contribution in [2.45, 2.75) is 12.7 Å². The molecular formula is C18H15F3N6O2. The normalized spacial score (nSPS) is 15.6. The number of imide groups is 1. The van der Waals surface area contributed by atoms with Crippen molar-refractivity contribution < 1.29 is 22.8 Å². The smallest absolute Gasteiger partial charge is 0.323 e. The Morgan fingerprint density at radius 2 is 1.72 bits per heavy atom. The first-order chi connectivity index (χ1) is 13.8. The highest BCUT2D eigenvalue weighted by atomic mass is 19.4. The average Bonchev–Trinajstić information content (AvgIpc) is 3.04. The fourth-order valence-electron chi connectivity index (χ4n) is 3.04. The van der Waals surface area contributed by atoms with Crippen molar-refractivity contribution in [3.8, 4) is 0 Å². The van der Waals surface area contributed by atoms with Crippen LogP contribution in [0, 0.1) is 0 Å². The Bertz CT molecular complexity index is 1060. The van der Waals surface area contributed by atoms with Crippen LogP contribution < -0.4 is 10.6 Å². The van der Waals surface area contributed by atoms with Gasteiger partial charge in [-0.3, -0.25) is 19.8 Å². The SMILES string of the molecule is O=C1CN(Cc2cccc3nc(Nc4ccc(C(F)(F)F)cc4)nn23)CC(=O)N1. The van der Waals surface area contributed by atoms with Crippen molar-refractivity contribution in [2.75, 3.05) is 18.4 Å². The van der Waals surface area contributed by atoms with Crippen molar-refractivity contribution >= 4 is 29.1 Å². The minimum Gasteiger partial charge on any atom is -0.323 e. The van der Waals surface area contributed by atoms with Crippen molar-refractivity contribution in [1.82, 2.24) is 24.8 Å². The minimum atomic E-state index is -4.40. The Morgan fingerprint density at radius 3 is 2.38 bits per heavy atom. The Kier molecular flexibility index (Phi) is 4.66. The number of halogens is 3. The van der Waals surface area contributed by atoms with E-state index in [2.05, 4.69) is 20.7 Å². The molecule has 11 heteroatoms. The molecular weight excluding hydrogens is 389 g/mol. The zero-order chi connectivity index (χ0) is 20.6. The van der Waals surface area contributed by atoms with E-state index in [1.54, 1.807) is 27.6 Å². The molecule has 0 radical (unpaired) electrons. The van der Waals surface area contributed by atoms with Gasteiger partial charge in [0, 0.05) is 12.2 Å². The van der Waals surface area contributed by atoms with Gasteiger partial charge in [-0.25, -0.2) is 4.52 Å². The first kappa shape index (κ1) is 18.9. The van der Waals surface area contributed by atoms with Crippen LogP contribution in [0.15, 0.2) is 42.5 Å². The van der Waals surface area contributed by atoms with Gasteiger partial charge in [0.2, 0.25) is 17.8 Å². The maximum absolute atomic E-state index is 12.7. The lowest BCUT2D eigenvalue weighted by Crippen LogP contribution is -2.51. The summed E-state index contributed by atoms with van der Waals surface area (Å²) in [4.78, 5) is 29.1. The van der Waals surface area contributed by atoms with E-state index < -0.39 is 11.7 Å². The first-order valence-electron chi connectivity index (χ1n) is 8.62. The van der Waals surface area contributed by atoms with Gasteiger partial charge in [-0.05, 0) is 36.4 Å². The predicted molar refractivity (Wildman–Crippen MR) is 96.1 cm³/mol. The Morgan fingerprint density at radius 1 is 1.03 bits per heavy atom. The number of alkyl halides is 3. The summed E-state index contributed by atoms with van der Waals surface area (Å²) < 4.78 is 39.6. The molecule has 150 valence electrons. The molecule has 8 nitrogen and oxygen atoms in total. The lowest BCUT2D eigenvalue weighted by Gasteiger charge is -2.25. The molecule has 0 atom stereocenters. The number of benzene rings is 1. The molecule has 0 spiro atoms. The number of anilines is 2. The number of aromatic nitrogens is 3. The molecule has 2 N–H and O–H groups in total. The van der Waals surface area contributed by atoms with Crippen molar-refractivity contribution in [3.05, 3.63) is 53.7 Å². The summed E-state index contributed by atoms with van der Waals surface area (Å²) in [5.41, 5.74) is 0.893. The monoisotopic (exact) mass is 404 g/mol. The van der Waals surface area contributed by atoms with Crippen LogP contribution in [-0.4, -0.2) is 44.4 Å². The van der Waals surface area contributed by atoms with E-state index in [4.69, 9.17) is 0 Å². The molecule has 1 saturated heterocycles. The van der Waals surface area contributed by atoms with Crippen LogP contribution in [0.2, 0.25) is 0 Å². The third-order valence-corrected chi connectivity index (χ3v) is 4.31. The lowest BCUT2D eigenvalue weighted by molar-refractivity contribution is -0.138. The van der Waals surface area contributed by atoms with E-state index in [-0.39, 0.29) is 30.9 Å². The van der Waals surface area contributed by atoms with E-state index >= 15 is 0 Å². The van der Waals surface area contributed by atoms with Gasteiger partial charge in [-0.1, -0.05) is 6.07 Å². The molecule has 0 saturated carbocycles. The number of fused-ring (bicyclic) bond motifs is 1. The third kappa shape index (κ3) is 4.19. The number of nitrogens with zero attached hydrogens (tertiary/aromatic N) is 4. The standard InChI is InChI=1S/C18H15F3N6O2/c19-18(20,21)11-4-6-12(7-5-11)22-17-23-14-3-1-2-13(27(14)25-17)8-26-9-15(28)24-16(29)10-26/h1-7H,8-10H2,(H,22,25)(H,24,28,29). The number of pyridine rings is 1. The molecule has 2 aromatic heterocycles. The van der Waals surface area contributed by atoms with E-state index in [1.807, 2.05) is 0 Å². The third-order valence-electron chi connectivity index (χ3n) is 4.31. The van der Waals surface area contributed by atoms with Crippen LogP contribution in [0.1, 0.15) is 11.3 Å². The number of amides is 2. The van der Waals surface area contributed by atoms with Gasteiger partial charge < -0.3 is 5.32 Å². The van der Waals surface area contributed by atoms with Gasteiger partial charge in [0.1, 0.15) is 0 Å². The first-order valence-corrected chi connectivity index (χ1v) is 8.62. The summed E-state index contributed by atoms with van der Waals surface area (Å²) in [6.07, 6.45) is -4.40.